The summed E-state index contributed by atoms with van der Waals surface area (Å²) in [6, 6.07) is 9.90. The van der Waals surface area contributed by atoms with Gasteiger partial charge in [0.2, 0.25) is 0 Å². The van der Waals surface area contributed by atoms with Gasteiger partial charge >= 0.3 is 0 Å². The number of anilines is 1. The maximum absolute atomic E-state index is 12.4. The Balaban J connectivity index is 2.13. The Morgan fingerprint density at radius 3 is 2.36 bits per heavy atom. The summed E-state index contributed by atoms with van der Waals surface area (Å²) in [5.74, 6) is 1.08. The summed E-state index contributed by atoms with van der Waals surface area (Å²) in [5.41, 5.74) is 0.868. The molecule has 8 heteroatoms. The van der Waals surface area contributed by atoms with E-state index in [1.165, 1.54) is 21.3 Å². The van der Waals surface area contributed by atoms with Crippen LogP contribution >= 0.6 is 23.8 Å². The number of nitrogens with one attached hydrogen (secondary N) is 2. The third-order valence-electron chi connectivity index (χ3n) is 3.29. The first-order valence-corrected chi connectivity index (χ1v) is 7.95. The van der Waals surface area contributed by atoms with E-state index in [9.17, 15) is 4.79 Å². The third kappa shape index (κ3) is 4.74. The van der Waals surface area contributed by atoms with Crippen molar-refractivity contribution < 1.29 is 19.0 Å². The van der Waals surface area contributed by atoms with Gasteiger partial charge in [-0.2, -0.15) is 0 Å². The molecule has 2 aromatic carbocycles. The Bertz CT molecular complexity index is 798. The molecule has 132 valence electrons. The van der Waals surface area contributed by atoms with Gasteiger partial charge in [-0.05, 0) is 42.5 Å². The number of hydrogen-bond acceptors (Lipinski definition) is 5. The standard InChI is InChI=1S/C17H17ClN2O4S/c1-22-11-5-6-12(15(9-11)24-3)16(21)20-17(25)19-13-8-10(18)4-7-14(13)23-2/h4-9H,1-3H3,(H2,19,20,21,25). The molecule has 0 aliphatic heterocycles. The van der Waals surface area contributed by atoms with E-state index in [0.29, 0.717) is 33.5 Å². The fourth-order valence-electron chi connectivity index (χ4n) is 2.09. The zero-order chi connectivity index (χ0) is 18.4. The van der Waals surface area contributed by atoms with E-state index >= 15 is 0 Å². The fourth-order valence-corrected chi connectivity index (χ4v) is 2.46. The summed E-state index contributed by atoms with van der Waals surface area (Å²) in [6.07, 6.45) is 0. The van der Waals surface area contributed by atoms with Crippen LogP contribution in [0.15, 0.2) is 36.4 Å². The molecule has 0 aromatic heterocycles. The number of carbonyl (C=O) groups excluding carboxylic acids is 1. The van der Waals surface area contributed by atoms with Crippen molar-refractivity contribution in [3.05, 3.63) is 47.0 Å². The number of benzene rings is 2. The fraction of sp³-hybridized carbons (Fsp3) is 0.176. The van der Waals surface area contributed by atoms with Crippen LogP contribution in [-0.2, 0) is 0 Å². The lowest BCUT2D eigenvalue weighted by atomic mass is 10.2. The smallest absolute Gasteiger partial charge is 0.261 e. The highest BCUT2D eigenvalue weighted by Gasteiger charge is 2.15. The average Bonchev–Trinajstić information content (AvgIpc) is 2.61. The first-order valence-electron chi connectivity index (χ1n) is 7.16. The first-order chi connectivity index (χ1) is 12.0. The van der Waals surface area contributed by atoms with Crippen molar-refractivity contribution in [2.45, 2.75) is 0 Å². The molecule has 0 fully saturated rings. The van der Waals surface area contributed by atoms with Gasteiger partial charge in [0.25, 0.3) is 5.91 Å². The van der Waals surface area contributed by atoms with E-state index < -0.39 is 5.91 Å². The number of amides is 1. The van der Waals surface area contributed by atoms with Gasteiger partial charge in [-0.1, -0.05) is 11.6 Å². The van der Waals surface area contributed by atoms with Gasteiger partial charge in [0.05, 0.1) is 32.6 Å². The van der Waals surface area contributed by atoms with Gasteiger partial charge in [0.15, 0.2) is 5.11 Å². The zero-order valence-corrected chi connectivity index (χ0v) is 15.5. The maximum atomic E-state index is 12.4. The van der Waals surface area contributed by atoms with E-state index in [-0.39, 0.29) is 5.11 Å². The van der Waals surface area contributed by atoms with Crippen molar-refractivity contribution in [1.29, 1.82) is 0 Å². The zero-order valence-electron chi connectivity index (χ0n) is 13.9. The molecule has 0 spiro atoms. The molecular weight excluding hydrogens is 364 g/mol. The summed E-state index contributed by atoms with van der Waals surface area (Å²) >= 11 is 11.2. The van der Waals surface area contributed by atoms with E-state index in [0.717, 1.165) is 0 Å². The average molecular weight is 381 g/mol. The van der Waals surface area contributed by atoms with Crippen molar-refractivity contribution in [1.82, 2.24) is 5.32 Å². The topological polar surface area (TPSA) is 68.8 Å². The minimum atomic E-state index is -0.419. The lowest BCUT2D eigenvalue weighted by molar-refractivity contribution is 0.0974. The molecule has 0 radical (unpaired) electrons. The first kappa shape index (κ1) is 18.8. The maximum Gasteiger partial charge on any atom is 0.261 e. The lowest BCUT2D eigenvalue weighted by Gasteiger charge is -2.14. The molecule has 0 saturated carbocycles. The Morgan fingerprint density at radius 1 is 1.00 bits per heavy atom. The van der Waals surface area contributed by atoms with Crippen LogP contribution in [-0.4, -0.2) is 32.3 Å². The SMILES string of the molecule is COc1ccc(C(=O)NC(=S)Nc2cc(Cl)ccc2OC)c(OC)c1. The predicted octanol–water partition coefficient (Wildman–Crippen LogP) is 3.49. The molecule has 25 heavy (non-hydrogen) atoms. The second-order valence-corrected chi connectivity index (χ2v) is 5.66. The number of thiocarbonyl (C=S) groups is 1. The van der Waals surface area contributed by atoms with Crippen LogP contribution in [0, 0.1) is 0 Å². The summed E-state index contributed by atoms with van der Waals surface area (Å²) in [5, 5.41) is 6.09. The number of carbonyl (C=O) groups is 1. The number of hydrogen-bond donors (Lipinski definition) is 2. The molecule has 0 atom stereocenters. The van der Waals surface area contributed by atoms with Crippen molar-refractivity contribution in [2.75, 3.05) is 26.6 Å². The van der Waals surface area contributed by atoms with E-state index in [1.54, 1.807) is 36.4 Å². The Labute approximate surface area is 156 Å². The summed E-state index contributed by atoms with van der Waals surface area (Å²) < 4.78 is 15.6. The molecule has 0 aliphatic carbocycles. The summed E-state index contributed by atoms with van der Waals surface area (Å²) in [7, 11) is 4.53. The third-order valence-corrected chi connectivity index (χ3v) is 3.73. The monoisotopic (exact) mass is 380 g/mol. The van der Waals surface area contributed by atoms with E-state index in [4.69, 9.17) is 38.0 Å². The molecular formula is C17H17ClN2O4S. The largest absolute Gasteiger partial charge is 0.497 e. The molecule has 2 aromatic rings. The highest BCUT2D eigenvalue weighted by atomic mass is 35.5. The van der Waals surface area contributed by atoms with Crippen LogP contribution in [0.5, 0.6) is 17.2 Å². The molecule has 1 amide bonds. The molecule has 0 bridgehead atoms. The van der Waals surface area contributed by atoms with Crippen LogP contribution < -0.4 is 24.8 Å². The summed E-state index contributed by atoms with van der Waals surface area (Å²) in [6.45, 7) is 0. The van der Waals surface area contributed by atoms with E-state index in [2.05, 4.69) is 10.6 Å². The van der Waals surface area contributed by atoms with Gasteiger partial charge in [-0.15, -0.1) is 0 Å². The van der Waals surface area contributed by atoms with Crippen molar-refractivity contribution in [3.8, 4) is 17.2 Å². The Kier molecular flexibility index (Phi) is 6.44. The highest BCUT2D eigenvalue weighted by Crippen LogP contribution is 2.28. The molecule has 0 saturated heterocycles. The number of rotatable bonds is 5. The Morgan fingerprint density at radius 2 is 1.72 bits per heavy atom. The number of halogens is 1. The lowest BCUT2D eigenvalue weighted by Crippen LogP contribution is -2.34. The van der Waals surface area contributed by atoms with Gasteiger partial charge in [-0.3, -0.25) is 10.1 Å². The van der Waals surface area contributed by atoms with Crippen molar-refractivity contribution >= 4 is 40.5 Å². The normalized spacial score (nSPS) is 9.92. The van der Waals surface area contributed by atoms with Gasteiger partial charge in [0.1, 0.15) is 17.2 Å². The van der Waals surface area contributed by atoms with Crippen LogP contribution in [0.1, 0.15) is 10.4 Å². The van der Waals surface area contributed by atoms with Crippen molar-refractivity contribution in [3.63, 3.8) is 0 Å². The van der Waals surface area contributed by atoms with Gasteiger partial charge in [-0.25, -0.2) is 0 Å². The summed E-state index contributed by atoms with van der Waals surface area (Å²) in [4.78, 5) is 12.4. The predicted molar refractivity (Wildman–Crippen MR) is 101 cm³/mol. The molecule has 2 rings (SSSR count). The van der Waals surface area contributed by atoms with Crippen LogP contribution in [0.3, 0.4) is 0 Å². The molecule has 0 heterocycles. The molecule has 6 nitrogen and oxygen atoms in total. The minimum Gasteiger partial charge on any atom is -0.497 e. The van der Waals surface area contributed by atoms with Crippen LogP contribution in [0.4, 0.5) is 5.69 Å². The molecule has 0 unspecified atom stereocenters. The van der Waals surface area contributed by atoms with Gasteiger partial charge < -0.3 is 19.5 Å². The Hall–Kier alpha value is -2.51. The molecule has 2 N–H and O–H groups in total. The van der Waals surface area contributed by atoms with Gasteiger partial charge in [0, 0.05) is 11.1 Å². The second kappa shape index (κ2) is 8.55. The van der Waals surface area contributed by atoms with Crippen LogP contribution in [0.2, 0.25) is 5.02 Å². The quantitative estimate of drug-likeness (QED) is 0.774. The van der Waals surface area contributed by atoms with Crippen molar-refractivity contribution in [2.24, 2.45) is 0 Å². The molecule has 0 aliphatic rings. The number of methoxy groups -OCH3 is 3. The van der Waals surface area contributed by atoms with Crippen LogP contribution in [0.25, 0.3) is 0 Å². The second-order valence-electron chi connectivity index (χ2n) is 4.82. The van der Waals surface area contributed by atoms with E-state index in [1.807, 2.05) is 0 Å². The highest BCUT2D eigenvalue weighted by molar-refractivity contribution is 7.80. The minimum absolute atomic E-state index is 0.100. The number of ether oxygens (including phenoxy) is 3.